The van der Waals surface area contributed by atoms with Gasteiger partial charge in [-0.25, -0.2) is 4.57 Å². The number of rotatable bonds is 28. The maximum absolute atomic E-state index is 12.6. The molecule has 238 valence electrons. The summed E-state index contributed by atoms with van der Waals surface area (Å²) >= 11 is 0. The van der Waals surface area contributed by atoms with E-state index in [0.717, 1.165) is 32.1 Å². The number of phosphoric acid groups is 1. The minimum atomic E-state index is -4.29. The lowest BCUT2D eigenvalue weighted by Gasteiger charge is -2.26. The Morgan fingerprint density at radius 3 is 1.93 bits per heavy atom. The van der Waals surface area contributed by atoms with Crippen LogP contribution in [0.3, 0.4) is 0 Å². The number of amides is 1. The van der Waals surface area contributed by atoms with Crippen LogP contribution in [0.5, 0.6) is 0 Å². The van der Waals surface area contributed by atoms with Crippen LogP contribution in [0.1, 0.15) is 129 Å². The number of aliphatic hydroxyl groups excluding tert-OH is 1. The molecule has 0 saturated heterocycles. The van der Waals surface area contributed by atoms with Gasteiger partial charge >= 0.3 is 7.82 Å². The molecule has 0 rings (SSSR count). The molecule has 0 spiro atoms. The SMILES string of the molecule is CCCCCC/C=C\CCCC(=O)NC(COP(=O)(O)OCC[N+](C)(C)C)C(O)CCCCCCCCCCC. The summed E-state index contributed by atoms with van der Waals surface area (Å²) in [5.41, 5.74) is 0. The molecule has 3 N–H and O–H groups in total. The monoisotopic (exact) mass is 591 g/mol. The van der Waals surface area contributed by atoms with E-state index in [-0.39, 0.29) is 19.1 Å². The molecule has 9 heteroatoms. The molecule has 0 radical (unpaired) electrons. The zero-order valence-corrected chi connectivity index (χ0v) is 27.5. The molecule has 3 atom stereocenters. The van der Waals surface area contributed by atoms with Gasteiger partial charge in [-0.1, -0.05) is 103 Å². The van der Waals surface area contributed by atoms with Gasteiger partial charge in [0.1, 0.15) is 13.2 Å². The van der Waals surface area contributed by atoms with Crippen molar-refractivity contribution in [2.24, 2.45) is 0 Å². The quantitative estimate of drug-likeness (QED) is 0.0382. The van der Waals surface area contributed by atoms with Crippen LogP contribution in [0, 0.1) is 0 Å². The molecule has 40 heavy (non-hydrogen) atoms. The predicted molar refractivity (Wildman–Crippen MR) is 166 cm³/mol. The largest absolute Gasteiger partial charge is 0.472 e. The van der Waals surface area contributed by atoms with Crippen molar-refractivity contribution in [3.8, 4) is 0 Å². The Balaban J connectivity index is 4.63. The number of nitrogens with one attached hydrogen (secondary N) is 1. The lowest BCUT2D eigenvalue weighted by Crippen LogP contribution is -2.46. The molecule has 3 unspecified atom stereocenters. The van der Waals surface area contributed by atoms with E-state index < -0.39 is 20.0 Å². The number of carbonyl (C=O) groups is 1. The number of hydrogen-bond donors (Lipinski definition) is 3. The fraction of sp³-hybridized carbons (Fsp3) is 0.903. The van der Waals surface area contributed by atoms with Crippen molar-refractivity contribution in [3.05, 3.63) is 12.2 Å². The number of unbranched alkanes of at least 4 members (excludes halogenated alkanes) is 13. The third kappa shape index (κ3) is 26.2. The molecular formula is C31H64N2O6P+. The number of hydrogen-bond acceptors (Lipinski definition) is 5. The van der Waals surface area contributed by atoms with Crippen LogP contribution in [-0.4, -0.2) is 73.4 Å². The molecule has 0 aromatic carbocycles. The second-order valence-corrected chi connectivity index (χ2v) is 13.6. The standard InChI is InChI=1S/C31H63N2O6P/c1-6-8-10-12-14-16-18-20-22-24-30(34)29(28-39-40(36,37)38-27-26-33(3,4)5)32-31(35)25-23-21-19-17-15-13-11-9-7-2/h17,19,29-30,34H,6-16,18,20-28H2,1-5H3,(H-,32,35,36,37)/p+1/b19-17-. The van der Waals surface area contributed by atoms with Gasteiger partial charge in [-0.3, -0.25) is 13.8 Å². The Morgan fingerprint density at radius 1 is 0.825 bits per heavy atom. The van der Waals surface area contributed by atoms with Crippen molar-refractivity contribution in [3.63, 3.8) is 0 Å². The first kappa shape index (κ1) is 39.2. The molecule has 0 aliphatic heterocycles. The van der Waals surface area contributed by atoms with Crippen molar-refractivity contribution in [1.29, 1.82) is 0 Å². The fourth-order valence-corrected chi connectivity index (χ4v) is 5.08. The van der Waals surface area contributed by atoms with E-state index in [1.807, 2.05) is 21.1 Å². The van der Waals surface area contributed by atoms with E-state index in [1.165, 1.54) is 64.2 Å². The lowest BCUT2D eigenvalue weighted by molar-refractivity contribution is -0.870. The van der Waals surface area contributed by atoms with Crippen LogP contribution >= 0.6 is 7.82 Å². The molecule has 0 aromatic rings. The number of likely N-dealkylation sites (N-methyl/N-ethyl adjacent to an activating group) is 1. The summed E-state index contributed by atoms with van der Waals surface area (Å²) in [6.07, 6.45) is 22.5. The summed E-state index contributed by atoms with van der Waals surface area (Å²) in [6, 6.07) is -0.766. The zero-order chi connectivity index (χ0) is 30.1. The molecule has 8 nitrogen and oxygen atoms in total. The van der Waals surface area contributed by atoms with E-state index in [4.69, 9.17) is 9.05 Å². The normalized spacial score (nSPS) is 15.3. The molecule has 0 aliphatic rings. The maximum Gasteiger partial charge on any atom is 0.472 e. The first-order valence-corrected chi connectivity index (χ1v) is 17.5. The van der Waals surface area contributed by atoms with E-state index in [2.05, 4.69) is 31.3 Å². The Morgan fingerprint density at radius 2 is 1.35 bits per heavy atom. The predicted octanol–water partition coefficient (Wildman–Crippen LogP) is 7.29. The summed E-state index contributed by atoms with van der Waals surface area (Å²) in [6.45, 7) is 4.77. The second kappa shape index (κ2) is 24.8. The minimum absolute atomic E-state index is 0.0709. The van der Waals surface area contributed by atoms with Gasteiger partial charge in [-0.05, 0) is 32.1 Å². The third-order valence-corrected chi connectivity index (χ3v) is 8.00. The maximum atomic E-state index is 12.6. The Bertz CT molecular complexity index is 683. The molecule has 0 aliphatic carbocycles. The van der Waals surface area contributed by atoms with E-state index in [1.54, 1.807) is 0 Å². The van der Waals surface area contributed by atoms with Gasteiger partial charge in [0, 0.05) is 6.42 Å². The topological polar surface area (TPSA) is 105 Å². The van der Waals surface area contributed by atoms with Crippen molar-refractivity contribution in [2.75, 3.05) is 40.9 Å². The summed E-state index contributed by atoms with van der Waals surface area (Å²) < 4.78 is 23.3. The van der Waals surface area contributed by atoms with Crippen molar-refractivity contribution >= 4 is 13.7 Å². The van der Waals surface area contributed by atoms with Gasteiger partial charge in [0.05, 0.1) is 39.9 Å². The van der Waals surface area contributed by atoms with Gasteiger partial charge in [-0.15, -0.1) is 0 Å². The minimum Gasteiger partial charge on any atom is -0.391 e. The van der Waals surface area contributed by atoms with Crippen LogP contribution in [0.15, 0.2) is 12.2 Å². The Hall–Kier alpha value is -0.760. The van der Waals surface area contributed by atoms with Crippen LogP contribution in [0.25, 0.3) is 0 Å². The highest BCUT2D eigenvalue weighted by Gasteiger charge is 2.28. The summed E-state index contributed by atoms with van der Waals surface area (Å²) in [5, 5.41) is 13.7. The smallest absolute Gasteiger partial charge is 0.391 e. The molecule has 0 heterocycles. The lowest BCUT2D eigenvalue weighted by atomic mass is 10.0. The molecule has 0 bridgehead atoms. The average molecular weight is 592 g/mol. The van der Waals surface area contributed by atoms with Gasteiger partial charge in [0.2, 0.25) is 5.91 Å². The van der Waals surface area contributed by atoms with Gasteiger partial charge in [0.25, 0.3) is 0 Å². The number of phosphoric ester groups is 1. The van der Waals surface area contributed by atoms with Crippen LogP contribution in [0.2, 0.25) is 0 Å². The summed E-state index contributed by atoms with van der Waals surface area (Å²) in [5.74, 6) is -0.185. The Labute approximate surface area is 246 Å². The molecule has 1 amide bonds. The van der Waals surface area contributed by atoms with Crippen LogP contribution in [0.4, 0.5) is 0 Å². The van der Waals surface area contributed by atoms with Crippen molar-refractivity contribution < 1.29 is 32.9 Å². The number of quaternary nitrogens is 1. The van der Waals surface area contributed by atoms with Crippen molar-refractivity contribution in [1.82, 2.24) is 5.32 Å². The van der Waals surface area contributed by atoms with Crippen molar-refractivity contribution in [2.45, 2.75) is 142 Å². The van der Waals surface area contributed by atoms with Gasteiger partial charge in [-0.2, -0.15) is 0 Å². The highest BCUT2D eigenvalue weighted by Crippen LogP contribution is 2.43. The Kier molecular flexibility index (Phi) is 24.3. The first-order valence-electron chi connectivity index (χ1n) is 16.1. The molecule has 0 saturated carbocycles. The highest BCUT2D eigenvalue weighted by atomic mass is 31.2. The number of carbonyl (C=O) groups excluding carboxylic acids is 1. The van der Waals surface area contributed by atoms with Crippen LogP contribution < -0.4 is 5.32 Å². The van der Waals surface area contributed by atoms with E-state index >= 15 is 0 Å². The fourth-order valence-electron chi connectivity index (χ4n) is 4.34. The van der Waals surface area contributed by atoms with Gasteiger partial charge < -0.3 is 19.8 Å². The summed E-state index contributed by atoms with van der Waals surface area (Å²) in [4.78, 5) is 22.7. The zero-order valence-electron chi connectivity index (χ0n) is 26.6. The molecule has 0 aromatic heterocycles. The number of nitrogens with zero attached hydrogens (tertiary/aromatic N) is 1. The average Bonchev–Trinajstić information content (AvgIpc) is 2.88. The highest BCUT2D eigenvalue weighted by molar-refractivity contribution is 7.47. The first-order chi connectivity index (χ1) is 19.0. The summed E-state index contributed by atoms with van der Waals surface area (Å²) in [7, 11) is 1.59. The van der Waals surface area contributed by atoms with E-state index in [9.17, 15) is 19.4 Å². The molecular weight excluding hydrogens is 527 g/mol. The van der Waals surface area contributed by atoms with E-state index in [0.29, 0.717) is 30.3 Å². The van der Waals surface area contributed by atoms with Crippen LogP contribution in [-0.2, 0) is 18.4 Å². The third-order valence-electron chi connectivity index (χ3n) is 7.01. The number of allylic oxidation sites excluding steroid dienone is 2. The second-order valence-electron chi connectivity index (χ2n) is 12.2. The van der Waals surface area contributed by atoms with Gasteiger partial charge in [0.15, 0.2) is 0 Å². The number of aliphatic hydroxyl groups is 1. The molecule has 0 fully saturated rings.